The van der Waals surface area contributed by atoms with E-state index >= 15 is 0 Å². The van der Waals surface area contributed by atoms with Gasteiger partial charge in [-0.3, -0.25) is 0 Å². The predicted molar refractivity (Wildman–Crippen MR) is 107 cm³/mol. The second kappa shape index (κ2) is 6.38. The van der Waals surface area contributed by atoms with Gasteiger partial charge in [0.15, 0.2) is 0 Å². The van der Waals surface area contributed by atoms with E-state index in [1.807, 2.05) is 42.5 Å². The van der Waals surface area contributed by atoms with Gasteiger partial charge in [-0.1, -0.05) is 53.5 Å². The monoisotopic (exact) mass is 407 g/mol. The summed E-state index contributed by atoms with van der Waals surface area (Å²) in [5.41, 5.74) is 5.99. The van der Waals surface area contributed by atoms with Crippen LogP contribution < -0.4 is 5.14 Å². The van der Waals surface area contributed by atoms with Crippen LogP contribution in [0.25, 0.3) is 11.1 Å². The molecule has 0 unspecified atom stereocenters. The highest BCUT2D eigenvalue weighted by Crippen LogP contribution is 2.63. The van der Waals surface area contributed by atoms with Gasteiger partial charge in [0.2, 0.25) is 10.0 Å². The summed E-state index contributed by atoms with van der Waals surface area (Å²) in [6.07, 6.45) is 4.62. The maximum Gasteiger partial charge on any atom is 0.213 e. The molecule has 2 aromatic rings. The molecule has 0 heterocycles. The molecule has 0 aliphatic heterocycles. The number of primary sulfonamides is 1. The van der Waals surface area contributed by atoms with Crippen LogP contribution >= 0.6 is 23.2 Å². The van der Waals surface area contributed by atoms with Crippen molar-refractivity contribution >= 4 is 44.4 Å². The number of halogens is 2. The highest BCUT2D eigenvalue weighted by molar-refractivity contribution is 7.88. The Morgan fingerprint density at radius 1 is 0.885 bits per heavy atom. The van der Waals surface area contributed by atoms with Crippen LogP contribution in [0.3, 0.4) is 0 Å². The van der Waals surface area contributed by atoms with E-state index in [2.05, 4.69) is 0 Å². The smallest absolute Gasteiger partial charge is 0.213 e. The van der Waals surface area contributed by atoms with Crippen LogP contribution in [-0.2, 0) is 15.8 Å². The third-order valence-corrected chi connectivity index (χ3v) is 6.84. The quantitative estimate of drug-likeness (QED) is 0.750. The van der Waals surface area contributed by atoms with Crippen LogP contribution in [0.1, 0.15) is 42.4 Å². The van der Waals surface area contributed by atoms with Crippen molar-refractivity contribution in [1.82, 2.24) is 0 Å². The highest BCUT2D eigenvalue weighted by Gasteiger charge is 2.48. The van der Waals surface area contributed by atoms with Crippen molar-refractivity contribution in [3.63, 3.8) is 0 Å². The van der Waals surface area contributed by atoms with Crippen molar-refractivity contribution in [2.75, 3.05) is 0 Å². The molecule has 0 atom stereocenters. The lowest BCUT2D eigenvalue weighted by atomic mass is 9.96. The van der Waals surface area contributed by atoms with Crippen LogP contribution in [-0.4, -0.2) is 8.42 Å². The topological polar surface area (TPSA) is 60.2 Å². The summed E-state index contributed by atoms with van der Waals surface area (Å²) >= 11 is 12.3. The SMILES string of the molecule is NS(=O)(=O)Cc1ccc(C2=C(c3ccc(Cl)c(Cl)c3)CC3(CC3)C2)cc1. The van der Waals surface area contributed by atoms with Gasteiger partial charge in [-0.25, -0.2) is 13.6 Å². The Balaban J connectivity index is 1.72. The van der Waals surface area contributed by atoms with Crippen molar-refractivity contribution in [3.05, 3.63) is 69.2 Å². The molecule has 0 radical (unpaired) electrons. The summed E-state index contributed by atoms with van der Waals surface area (Å²) in [6, 6.07) is 13.5. The number of allylic oxidation sites excluding steroid dienone is 2. The fraction of sp³-hybridized carbons (Fsp3) is 0.300. The van der Waals surface area contributed by atoms with Crippen LogP contribution in [0.4, 0.5) is 0 Å². The van der Waals surface area contributed by atoms with Crippen LogP contribution in [0.2, 0.25) is 10.0 Å². The number of benzene rings is 2. The standard InChI is InChI=1S/C20H19Cl2NO2S/c21-18-6-5-15(9-19(18)22)17-11-20(7-8-20)10-16(17)14-3-1-13(2-4-14)12-26(23,24)25/h1-6,9H,7-8,10-12H2,(H2,23,24,25). The molecule has 4 rings (SSSR count). The van der Waals surface area contributed by atoms with Crippen molar-refractivity contribution < 1.29 is 8.42 Å². The van der Waals surface area contributed by atoms with Gasteiger partial charge in [-0.15, -0.1) is 0 Å². The molecule has 0 bridgehead atoms. The Kier molecular flexibility index (Phi) is 4.43. The molecular formula is C20H19Cl2NO2S. The summed E-state index contributed by atoms with van der Waals surface area (Å²) in [6.45, 7) is 0. The molecule has 3 nitrogen and oxygen atoms in total. The van der Waals surface area contributed by atoms with Gasteiger partial charge in [0, 0.05) is 0 Å². The normalized spacial score (nSPS) is 18.6. The van der Waals surface area contributed by atoms with E-state index in [0.29, 0.717) is 21.0 Å². The molecular weight excluding hydrogens is 389 g/mol. The lowest BCUT2D eigenvalue weighted by molar-refractivity contribution is 0.568. The molecule has 0 amide bonds. The average molecular weight is 408 g/mol. The second-order valence-corrected chi connectivity index (χ2v) is 9.87. The first kappa shape index (κ1) is 18.1. The Bertz CT molecular complexity index is 1010. The minimum atomic E-state index is -3.52. The Morgan fingerprint density at radius 2 is 1.46 bits per heavy atom. The Hall–Kier alpha value is -1.33. The summed E-state index contributed by atoms with van der Waals surface area (Å²) in [7, 11) is -3.52. The molecule has 1 fully saturated rings. The summed E-state index contributed by atoms with van der Waals surface area (Å²) in [4.78, 5) is 0. The molecule has 2 N–H and O–H groups in total. The Labute approximate surface area is 163 Å². The first-order valence-corrected chi connectivity index (χ1v) is 11.0. The third kappa shape index (κ3) is 3.70. The van der Waals surface area contributed by atoms with Crippen molar-refractivity contribution in [3.8, 4) is 0 Å². The minimum Gasteiger partial charge on any atom is -0.228 e. The molecule has 2 aliphatic carbocycles. The number of hydrogen-bond donors (Lipinski definition) is 1. The van der Waals surface area contributed by atoms with Gasteiger partial charge in [-0.2, -0.15) is 0 Å². The van der Waals surface area contributed by atoms with Gasteiger partial charge in [-0.05, 0) is 71.1 Å². The Morgan fingerprint density at radius 3 is 2.00 bits per heavy atom. The summed E-state index contributed by atoms with van der Waals surface area (Å²) < 4.78 is 22.6. The largest absolute Gasteiger partial charge is 0.228 e. The number of rotatable bonds is 4. The van der Waals surface area contributed by atoms with Gasteiger partial charge in [0.25, 0.3) is 0 Å². The van der Waals surface area contributed by atoms with Gasteiger partial charge >= 0.3 is 0 Å². The zero-order valence-corrected chi connectivity index (χ0v) is 16.5. The van der Waals surface area contributed by atoms with Gasteiger partial charge < -0.3 is 0 Å². The van der Waals surface area contributed by atoms with E-state index in [9.17, 15) is 8.42 Å². The number of sulfonamides is 1. The van der Waals surface area contributed by atoms with Gasteiger partial charge in [0.1, 0.15) is 0 Å². The van der Waals surface area contributed by atoms with E-state index in [4.69, 9.17) is 28.3 Å². The maximum absolute atomic E-state index is 11.3. The van der Waals surface area contributed by atoms with Crippen molar-refractivity contribution in [1.29, 1.82) is 0 Å². The fourth-order valence-electron chi connectivity index (χ4n) is 3.83. The van der Waals surface area contributed by atoms with Crippen LogP contribution in [0, 0.1) is 5.41 Å². The lowest BCUT2D eigenvalue weighted by Gasteiger charge is -2.10. The lowest BCUT2D eigenvalue weighted by Crippen LogP contribution is -2.14. The summed E-state index contributed by atoms with van der Waals surface area (Å²) in [5.74, 6) is -0.143. The molecule has 2 aromatic carbocycles. The third-order valence-electron chi connectivity index (χ3n) is 5.36. The van der Waals surface area contributed by atoms with E-state index in [-0.39, 0.29) is 5.75 Å². The van der Waals surface area contributed by atoms with E-state index in [1.54, 1.807) is 0 Å². The van der Waals surface area contributed by atoms with Gasteiger partial charge in [0.05, 0.1) is 15.8 Å². The van der Waals surface area contributed by atoms with E-state index in [1.165, 1.54) is 24.0 Å². The van der Waals surface area contributed by atoms with E-state index in [0.717, 1.165) is 24.0 Å². The van der Waals surface area contributed by atoms with Crippen LogP contribution in [0.15, 0.2) is 42.5 Å². The molecule has 2 aliphatic rings. The predicted octanol–water partition coefficient (Wildman–Crippen LogP) is 5.27. The molecule has 26 heavy (non-hydrogen) atoms. The molecule has 0 saturated heterocycles. The second-order valence-electron chi connectivity index (χ2n) is 7.44. The zero-order chi connectivity index (χ0) is 18.5. The van der Waals surface area contributed by atoms with E-state index < -0.39 is 10.0 Å². The molecule has 1 spiro atoms. The van der Waals surface area contributed by atoms with Crippen molar-refractivity contribution in [2.45, 2.75) is 31.4 Å². The fourth-order valence-corrected chi connectivity index (χ4v) is 4.78. The molecule has 136 valence electrons. The highest BCUT2D eigenvalue weighted by atomic mass is 35.5. The maximum atomic E-state index is 11.3. The molecule has 6 heteroatoms. The van der Waals surface area contributed by atoms with Crippen molar-refractivity contribution in [2.24, 2.45) is 10.6 Å². The first-order valence-electron chi connectivity index (χ1n) is 8.52. The number of nitrogens with two attached hydrogens (primary N) is 1. The minimum absolute atomic E-state index is 0.143. The zero-order valence-electron chi connectivity index (χ0n) is 14.1. The molecule has 0 aromatic heterocycles. The average Bonchev–Trinajstić information content (AvgIpc) is 3.21. The summed E-state index contributed by atoms with van der Waals surface area (Å²) in [5, 5.41) is 6.26. The van der Waals surface area contributed by atoms with Crippen LogP contribution in [0.5, 0.6) is 0 Å². The first-order chi connectivity index (χ1) is 12.2. The number of hydrogen-bond acceptors (Lipinski definition) is 2. The molecule has 1 saturated carbocycles.